The van der Waals surface area contributed by atoms with Crippen LogP contribution < -0.4 is 4.90 Å². The summed E-state index contributed by atoms with van der Waals surface area (Å²) in [5, 5.41) is -0.189. The zero-order chi connectivity index (χ0) is 14.5. The van der Waals surface area contributed by atoms with Crippen LogP contribution in [0.15, 0.2) is 30.3 Å². The molecule has 0 fully saturated rings. The molecule has 0 aliphatic rings. The van der Waals surface area contributed by atoms with Crippen molar-refractivity contribution < 1.29 is 9.53 Å². The molecular weight excluding hydrogens is 303 g/mol. The molecule has 0 unspecified atom stereocenters. The average molecular weight is 313 g/mol. The standard InChI is InChI=1S/C12H10Cl2N4O2/c1-18(11-16-9(13)15-10(14)17-11)12(19)20-7-8-5-3-2-4-6-8/h2-6H,7H2,1H3. The Balaban J connectivity index is 2.01. The van der Waals surface area contributed by atoms with Crippen LogP contribution in [0.25, 0.3) is 0 Å². The number of nitrogens with zero attached hydrogens (tertiary/aromatic N) is 4. The van der Waals surface area contributed by atoms with Crippen LogP contribution >= 0.6 is 23.2 Å². The molecule has 1 heterocycles. The Bertz CT molecular complexity index is 589. The monoisotopic (exact) mass is 312 g/mol. The molecular formula is C12H10Cl2N4O2. The molecule has 2 rings (SSSR count). The van der Waals surface area contributed by atoms with E-state index >= 15 is 0 Å². The molecule has 0 radical (unpaired) electrons. The Hall–Kier alpha value is -1.92. The van der Waals surface area contributed by atoms with Gasteiger partial charge < -0.3 is 4.74 Å². The largest absolute Gasteiger partial charge is 0.444 e. The molecule has 1 aromatic carbocycles. The van der Waals surface area contributed by atoms with E-state index in [1.165, 1.54) is 7.05 Å². The van der Waals surface area contributed by atoms with Crippen LogP contribution in [0.4, 0.5) is 10.7 Å². The molecule has 1 amide bonds. The highest BCUT2D eigenvalue weighted by molar-refractivity contribution is 6.31. The zero-order valence-electron chi connectivity index (χ0n) is 10.5. The van der Waals surface area contributed by atoms with Gasteiger partial charge in [-0.1, -0.05) is 30.3 Å². The second kappa shape index (κ2) is 6.49. The van der Waals surface area contributed by atoms with Gasteiger partial charge in [0, 0.05) is 7.05 Å². The highest BCUT2D eigenvalue weighted by atomic mass is 35.5. The molecule has 0 saturated carbocycles. The smallest absolute Gasteiger partial charge is 0.416 e. The molecule has 0 atom stereocenters. The lowest BCUT2D eigenvalue weighted by Crippen LogP contribution is -2.29. The number of halogens is 2. The first-order chi connectivity index (χ1) is 9.56. The van der Waals surface area contributed by atoms with Crippen molar-refractivity contribution in [3.63, 3.8) is 0 Å². The van der Waals surface area contributed by atoms with Gasteiger partial charge in [0.15, 0.2) is 0 Å². The van der Waals surface area contributed by atoms with Crippen molar-refractivity contribution in [1.82, 2.24) is 15.0 Å². The maximum Gasteiger partial charge on any atom is 0.416 e. The normalized spacial score (nSPS) is 10.2. The van der Waals surface area contributed by atoms with E-state index in [0.29, 0.717) is 0 Å². The Morgan fingerprint density at radius 2 is 1.75 bits per heavy atom. The number of carbonyl (C=O) groups is 1. The van der Waals surface area contributed by atoms with Crippen LogP contribution in [0.1, 0.15) is 5.56 Å². The lowest BCUT2D eigenvalue weighted by Gasteiger charge is -2.15. The van der Waals surface area contributed by atoms with Gasteiger partial charge in [0.25, 0.3) is 0 Å². The second-order valence-electron chi connectivity index (χ2n) is 3.77. The lowest BCUT2D eigenvalue weighted by molar-refractivity contribution is 0.148. The number of hydrogen-bond donors (Lipinski definition) is 0. The van der Waals surface area contributed by atoms with Crippen molar-refractivity contribution >= 4 is 35.2 Å². The summed E-state index contributed by atoms with van der Waals surface area (Å²) in [6.07, 6.45) is -0.618. The predicted octanol–water partition coefficient (Wildman–Crippen LogP) is 2.95. The van der Waals surface area contributed by atoms with E-state index in [-0.39, 0.29) is 23.1 Å². The summed E-state index contributed by atoms with van der Waals surface area (Å²) in [4.78, 5) is 24.1. The average Bonchev–Trinajstić information content (AvgIpc) is 2.44. The number of ether oxygens (including phenoxy) is 1. The van der Waals surface area contributed by atoms with E-state index in [1.807, 2.05) is 30.3 Å². The van der Waals surface area contributed by atoms with Crippen molar-refractivity contribution in [1.29, 1.82) is 0 Å². The van der Waals surface area contributed by atoms with Crippen LogP contribution in [0, 0.1) is 0 Å². The summed E-state index contributed by atoms with van der Waals surface area (Å²) >= 11 is 11.3. The Labute approximate surface area is 125 Å². The number of rotatable bonds is 3. The van der Waals surface area contributed by atoms with Gasteiger partial charge in [-0.15, -0.1) is 0 Å². The van der Waals surface area contributed by atoms with Gasteiger partial charge in [-0.2, -0.15) is 15.0 Å². The number of anilines is 1. The molecule has 2 aromatic rings. The minimum atomic E-state index is -0.618. The highest BCUT2D eigenvalue weighted by Crippen LogP contribution is 2.14. The third kappa shape index (κ3) is 3.79. The number of hydrogen-bond acceptors (Lipinski definition) is 5. The summed E-state index contributed by atoms with van der Waals surface area (Å²) in [7, 11) is 1.45. The van der Waals surface area contributed by atoms with Crippen molar-refractivity contribution in [3.05, 3.63) is 46.5 Å². The van der Waals surface area contributed by atoms with Crippen molar-refractivity contribution in [3.8, 4) is 0 Å². The highest BCUT2D eigenvalue weighted by Gasteiger charge is 2.17. The van der Waals surface area contributed by atoms with Gasteiger partial charge in [0.1, 0.15) is 6.61 Å². The first kappa shape index (κ1) is 14.5. The van der Waals surface area contributed by atoms with Crippen LogP contribution in [0.2, 0.25) is 10.6 Å². The molecule has 0 saturated heterocycles. The molecule has 0 N–H and O–H groups in total. The topological polar surface area (TPSA) is 68.2 Å². The summed E-state index contributed by atoms with van der Waals surface area (Å²) in [5.74, 6) is 0.0214. The zero-order valence-corrected chi connectivity index (χ0v) is 12.0. The molecule has 104 valence electrons. The van der Waals surface area contributed by atoms with E-state index in [9.17, 15) is 4.79 Å². The van der Waals surface area contributed by atoms with Crippen LogP contribution in [-0.4, -0.2) is 28.1 Å². The maximum absolute atomic E-state index is 11.9. The number of benzene rings is 1. The molecule has 0 aliphatic heterocycles. The lowest BCUT2D eigenvalue weighted by atomic mass is 10.2. The third-order valence-corrected chi connectivity index (χ3v) is 2.69. The van der Waals surface area contributed by atoms with Crippen LogP contribution in [-0.2, 0) is 11.3 Å². The minimum absolute atomic E-state index is 0.0214. The van der Waals surface area contributed by atoms with E-state index in [1.54, 1.807) is 0 Å². The van der Waals surface area contributed by atoms with E-state index in [4.69, 9.17) is 27.9 Å². The van der Waals surface area contributed by atoms with E-state index in [2.05, 4.69) is 15.0 Å². The van der Waals surface area contributed by atoms with Crippen molar-refractivity contribution in [2.75, 3.05) is 11.9 Å². The quantitative estimate of drug-likeness (QED) is 0.871. The molecule has 0 bridgehead atoms. The van der Waals surface area contributed by atoms with Crippen LogP contribution in [0.3, 0.4) is 0 Å². The molecule has 20 heavy (non-hydrogen) atoms. The van der Waals surface area contributed by atoms with E-state index in [0.717, 1.165) is 10.5 Å². The number of amides is 1. The molecule has 0 spiro atoms. The first-order valence-electron chi connectivity index (χ1n) is 5.58. The predicted molar refractivity (Wildman–Crippen MR) is 74.9 cm³/mol. The van der Waals surface area contributed by atoms with Gasteiger partial charge in [0.2, 0.25) is 16.5 Å². The summed E-state index contributed by atoms with van der Waals surface area (Å²) < 4.78 is 5.12. The fraction of sp³-hybridized carbons (Fsp3) is 0.167. The van der Waals surface area contributed by atoms with Crippen molar-refractivity contribution in [2.24, 2.45) is 0 Å². The summed E-state index contributed by atoms with van der Waals surface area (Å²) in [6.45, 7) is 0.149. The van der Waals surface area contributed by atoms with Gasteiger partial charge in [-0.25, -0.2) is 9.69 Å². The second-order valence-corrected chi connectivity index (χ2v) is 4.45. The number of aromatic nitrogens is 3. The molecule has 8 heteroatoms. The van der Waals surface area contributed by atoms with Gasteiger partial charge in [-0.3, -0.25) is 0 Å². The fourth-order valence-electron chi connectivity index (χ4n) is 1.36. The van der Waals surface area contributed by atoms with Gasteiger partial charge in [0.05, 0.1) is 0 Å². The summed E-state index contributed by atoms with van der Waals surface area (Å²) in [5.41, 5.74) is 0.876. The Kier molecular flexibility index (Phi) is 4.70. The van der Waals surface area contributed by atoms with E-state index < -0.39 is 6.09 Å². The Morgan fingerprint density at radius 3 is 2.35 bits per heavy atom. The molecule has 0 aliphatic carbocycles. The maximum atomic E-state index is 11.9. The third-order valence-electron chi connectivity index (χ3n) is 2.35. The molecule has 6 nitrogen and oxygen atoms in total. The van der Waals surface area contributed by atoms with Crippen molar-refractivity contribution in [2.45, 2.75) is 6.61 Å². The van der Waals surface area contributed by atoms with Gasteiger partial charge >= 0.3 is 6.09 Å². The summed E-state index contributed by atoms with van der Waals surface area (Å²) in [6, 6.07) is 9.30. The van der Waals surface area contributed by atoms with Gasteiger partial charge in [-0.05, 0) is 28.8 Å². The SMILES string of the molecule is CN(C(=O)OCc1ccccc1)c1nc(Cl)nc(Cl)n1. The fourth-order valence-corrected chi connectivity index (χ4v) is 1.72. The first-order valence-corrected chi connectivity index (χ1v) is 6.33. The van der Waals surface area contributed by atoms with Crippen LogP contribution in [0.5, 0.6) is 0 Å². The minimum Gasteiger partial charge on any atom is -0.444 e. The molecule has 1 aromatic heterocycles. The Morgan fingerprint density at radius 1 is 1.15 bits per heavy atom. The number of carbonyl (C=O) groups excluding carboxylic acids is 1.